The van der Waals surface area contributed by atoms with E-state index in [1.165, 1.54) is 47.0 Å². The molecule has 10 nitrogen and oxygen atoms in total. The molecular weight excluding hydrogens is 592 g/mol. The average Bonchev–Trinajstić information content (AvgIpc) is 3.30. The van der Waals surface area contributed by atoms with Crippen molar-refractivity contribution in [2.24, 2.45) is 0 Å². The lowest BCUT2D eigenvalue weighted by molar-refractivity contribution is -0.384. The normalized spacial score (nSPS) is 14.8. The highest BCUT2D eigenvalue weighted by molar-refractivity contribution is 8.00. The minimum atomic E-state index is -0.632. The van der Waals surface area contributed by atoms with Gasteiger partial charge in [-0.15, -0.1) is 11.8 Å². The summed E-state index contributed by atoms with van der Waals surface area (Å²) in [5.41, 5.74) is 3.59. The van der Waals surface area contributed by atoms with Gasteiger partial charge >= 0.3 is 0 Å². The molecule has 1 saturated heterocycles. The molecule has 0 aliphatic carbocycles. The summed E-state index contributed by atoms with van der Waals surface area (Å²) in [5, 5.41) is 15.8. The number of hydrogen-bond acceptors (Lipinski definition) is 7. The summed E-state index contributed by atoms with van der Waals surface area (Å²) < 4.78 is 0. The predicted octanol–water partition coefficient (Wildman–Crippen LogP) is 6.05. The van der Waals surface area contributed by atoms with Crippen LogP contribution >= 0.6 is 11.8 Å². The molecule has 45 heavy (non-hydrogen) atoms. The summed E-state index contributed by atoms with van der Waals surface area (Å²) in [6, 6.07) is 26.2. The molecule has 1 aliphatic rings. The van der Waals surface area contributed by atoms with Gasteiger partial charge in [0.15, 0.2) is 0 Å². The molecule has 0 saturated carbocycles. The smallest absolute Gasteiger partial charge is 0.272 e. The highest BCUT2D eigenvalue weighted by Crippen LogP contribution is 2.35. The van der Waals surface area contributed by atoms with Crippen molar-refractivity contribution in [2.75, 3.05) is 10.2 Å². The molecule has 0 aromatic heterocycles. The Kier molecular flexibility index (Phi) is 9.20. The van der Waals surface area contributed by atoms with Crippen LogP contribution in [0.1, 0.15) is 33.5 Å². The van der Waals surface area contributed by atoms with E-state index in [4.69, 9.17) is 0 Å². The monoisotopic (exact) mass is 620 g/mol. The van der Waals surface area contributed by atoms with Crippen LogP contribution < -0.4 is 15.5 Å². The van der Waals surface area contributed by atoms with Crippen LogP contribution in [-0.4, -0.2) is 33.8 Å². The van der Waals surface area contributed by atoms with Crippen LogP contribution in [0.3, 0.4) is 0 Å². The second-order valence-electron chi connectivity index (χ2n) is 10.4. The Morgan fingerprint density at radius 2 is 1.64 bits per heavy atom. The van der Waals surface area contributed by atoms with Crippen molar-refractivity contribution in [1.82, 2.24) is 5.32 Å². The van der Waals surface area contributed by atoms with Gasteiger partial charge in [0.1, 0.15) is 5.70 Å². The fourth-order valence-electron chi connectivity index (χ4n) is 4.64. The molecule has 0 unspecified atom stereocenters. The minimum absolute atomic E-state index is 0.0423. The van der Waals surface area contributed by atoms with Crippen LogP contribution in [0.25, 0.3) is 6.08 Å². The first-order chi connectivity index (χ1) is 21.6. The number of benzene rings is 4. The maximum absolute atomic E-state index is 13.4. The van der Waals surface area contributed by atoms with E-state index in [1.807, 2.05) is 26.0 Å². The molecule has 1 atom stereocenters. The Morgan fingerprint density at radius 1 is 0.911 bits per heavy atom. The van der Waals surface area contributed by atoms with Crippen molar-refractivity contribution in [3.8, 4) is 0 Å². The summed E-state index contributed by atoms with van der Waals surface area (Å²) in [5.74, 6) is -1.73. The van der Waals surface area contributed by atoms with E-state index in [0.717, 1.165) is 11.1 Å². The average molecular weight is 621 g/mol. The Balaban J connectivity index is 1.33. The Hall–Kier alpha value is -5.55. The van der Waals surface area contributed by atoms with Gasteiger partial charge in [0.2, 0.25) is 11.8 Å². The predicted molar refractivity (Wildman–Crippen MR) is 173 cm³/mol. The van der Waals surface area contributed by atoms with E-state index in [9.17, 15) is 29.3 Å². The first-order valence-electron chi connectivity index (χ1n) is 13.9. The minimum Gasteiger partial charge on any atom is -0.321 e. The number of anilines is 2. The zero-order valence-corrected chi connectivity index (χ0v) is 25.2. The van der Waals surface area contributed by atoms with Crippen molar-refractivity contribution in [2.45, 2.75) is 30.4 Å². The van der Waals surface area contributed by atoms with Crippen LogP contribution in [0.2, 0.25) is 0 Å². The molecule has 4 amide bonds. The van der Waals surface area contributed by atoms with Crippen LogP contribution in [0, 0.1) is 24.0 Å². The lowest BCUT2D eigenvalue weighted by Gasteiger charge is -2.16. The number of carbonyl (C=O) groups excluding carboxylic acids is 4. The van der Waals surface area contributed by atoms with Gasteiger partial charge in [-0.25, -0.2) is 4.90 Å². The number of non-ortho nitro benzene ring substituents is 1. The number of nitrogens with one attached hydrogen (secondary N) is 2. The molecule has 0 radical (unpaired) electrons. The highest BCUT2D eigenvalue weighted by Gasteiger charge is 2.40. The lowest BCUT2D eigenvalue weighted by Crippen LogP contribution is -2.31. The quantitative estimate of drug-likeness (QED) is 0.101. The lowest BCUT2D eigenvalue weighted by atomic mass is 10.1. The molecule has 1 fully saturated rings. The Labute approximate surface area is 263 Å². The molecule has 2 N–H and O–H groups in total. The number of aryl methyl sites for hydroxylation is 2. The van der Waals surface area contributed by atoms with Crippen LogP contribution in [-0.2, 0) is 14.4 Å². The van der Waals surface area contributed by atoms with Crippen molar-refractivity contribution >= 4 is 58.5 Å². The van der Waals surface area contributed by atoms with Crippen LogP contribution in [0.15, 0.2) is 108 Å². The van der Waals surface area contributed by atoms with Gasteiger partial charge in [-0.2, -0.15) is 0 Å². The first kappa shape index (κ1) is 30.9. The zero-order chi connectivity index (χ0) is 32.1. The summed E-state index contributed by atoms with van der Waals surface area (Å²) in [6.45, 7) is 3.89. The summed E-state index contributed by atoms with van der Waals surface area (Å²) in [7, 11) is 0. The van der Waals surface area contributed by atoms with E-state index >= 15 is 0 Å². The maximum atomic E-state index is 13.4. The molecule has 4 aromatic rings. The third kappa shape index (κ3) is 7.34. The summed E-state index contributed by atoms with van der Waals surface area (Å²) in [6.07, 6.45) is 1.46. The molecule has 11 heteroatoms. The molecule has 1 aliphatic heterocycles. The standard InChI is InChI=1S/C34H28N4O6S/c1-21-11-14-27(17-22(21)2)37-31(39)20-30(34(37)42)45-28-10-6-9-25(19-28)35-33(41)29(36-32(40)24-7-4-3-5-8-24)18-23-12-15-26(16-13-23)38(43)44/h3-19,30H,20H2,1-2H3,(H,35,41)(H,36,40)/b29-18-/t30-/m1/s1. The Bertz CT molecular complexity index is 1840. The molecular formula is C34H28N4O6S. The number of carbonyl (C=O) groups is 4. The fraction of sp³-hybridized carbons (Fsp3) is 0.118. The second-order valence-corrected chi connectivity index (χ2v) is 11.6. The van der Waals surface area contributed by atoms with E-state index in [0.29, 0.717) is 27.4 Å². The fourth-order valence-corrected chi connectivity index (χ4v) is 5.76. The van der Waals surface area contributed by atoms with Crippen molar-refractivity contribution in [1.29, 1.82) is 0 Å². The molecule has 0 spiro atoms. The van der Waals surface area contributed by atoms with Gasteiger partial charge in [0.05, 0.1) is 15.9 Å². The summed E-state index contributed by atoms with van der Waals surface area (Å²) in [4.78, 5) is 64.9. The van der Waals surface area contributed by atoms with E-state index in [1.54, 1.807) is 60.7 Å². The third-order valence-electron chi connectivity index (χ3n) is 7.17. The molecule has 5 rings (SSSR count). The maximum Gasteiger partial charge on any atom is 0.272 e. The van der Waals surface area contributed by atoms with Gasteiger partial charge in [0, 0.05) is 34.7 Å². The van der Waals surface area contributed by atoms with Gasteiger partial charge in [-0.05, 0) is 91.2 Å². The van der Waals surface area contributed by atoms with Crippen LogP contribution in [0.4, 0.5) is 17.1 Å². The number of amides is 4. The topological polar surface area (TPSA) is 139 Å². The van der Waals surface area contributed by atoms with E-state index < -0.39 is 22.0 Å². The van der Waals surface area contributed by atoms with Crippen molar-refractivity contribution in [3.05, 3.63) is 135 Å². The number of nitrogens with zero attached hydrogens (tertiary/aromatic N) is 2. The SMILES string of the molecule is Cc1ccc(N2C(=O)C[C@@H](Sc3cccc(NC(=O)/C(=C/c4ccc([N+](=O)[O-])cc4)NC(=O)c4ccccc4)c3)C2=O)cc1C. The molecule has 0 bridgehead atoms. The number of rotatable bonds is 9. The van der Waals surface area contributed by atoms with Crippen molar-refractivity contribution in [3.63, 3.8) is 0 Å². The van der Waals surface area contributed by atoms with Crippen LogP contribution in [0.5, 0.6) is 0 Å². The zero-order valence-electron chi connectivity index (χ0n) is 24.4. The molecule has 1 heterocycles. The van der Waals surface area contributed by atoms with E-state index in [2.05, 4.69) is 10.6 Å². The van der Waals surface area contributed by atoms with Gasteiger partial charge < -0.3 is 10.6 Å². The number of hydrogen-bond donors (Lipinski definition) is 2. The number of imide groups is 1. The highest BCUT2D eigenvalue weighted by atomic mass is 32.2. The van der Waals surface area contributed by atoms with Gasteiger partial charge in [-0.3, -0.25) is 29.3 Å². The summed E-state index contributed by atoms with van der Waals surface area (Å²) >= 11 is 1.23. The molecule has 4 aromatic carbocycles. The van der Waals surface area contributed by atoms with Gasteiger partial charge in [-0.1, -0.05) is 30.3 Å². The first-order valence-corrected chi connectivity index (χ1v) is 14.8. The Morgan fingerprint density at radius 3 is 2.33 bits per heavy atom. The molecule has 226 valence electrons. The third-order valence-corrected chi connectivity index (χ3v) is 8.35. The van der Waals surface area contributed by atoms with E-state index in [-0.39, 0.29) is 29.6 Å². The number of nitro benzene ring substituents is 1. The van der Waals surface area contributed by atoms with Crippen molar-refractivity contribution < 1.29 is 24.1 Å². The second kappa shape index (κ2) is 13.4. The largest absolute Gasteiger partial charge is 0.321 e. The number of nitro groups is 1. The number of thioether (sulfide) groups is 1. The van der Waals surface area contributed by atoms with Gasteiger partial charge in [0.25, 0.3) is 17.5 Å².